The number of benzene rings is 1. The summed E-state index contributed by atoms with van der Waals surface area (Å²) >= 11 is 0. The van der Waals surface area contributed by atoms with E-state index in [4.69, 9.17) is 15.0 Å². The van der Waals surface area contributed by atoms with Crippen LogP contribution in [0, 0.1) is 0 Å². The summed E-state index contributed by atoms with van der Waals surface area (Å²) in [5, 5.41) is 6.37. The molecule has 0 saturated heterocycles. The van der Waals surface area contributed by atoms with Crippen LogP contribution in [-0.2, 0) is 6.42 Å². The zero-order chi connectivity index (χ0) is 16.8. The Balaban J connectivity index is 1.52. The molecule has 122 valence electrons. The lowest BCUT2D eigenvalue weighted by Gasteiger charge is -2.03. The lowest BCUT2D eigenvalue weighted by molar-refractivity contribution is 0.196. The lowest BCUT2D eigenvalue weighted by Crippen LogP contribution is -2.28. The van der Waals surface area contributed by atoms with Gasteiger partial charge in [-0.1, -0.05) is 18.2 Å². The van der Waals surface area contributed by atoms with Crippen molar-refractivity contribution in [2.24, 2.45) is 0 Å². The van der Waals surface area contributed by atoms with E-state index in [9.17, 15) is 4.79 Å². The van der Waals surface area contributed by atoms with Crippen molar-refractivity contribution in [1.82, 2.24) is 15.5 Å². The van der Waals surface area contributed by atoms with E-state index in [0.29, 0.717) is 24.4 Å². The first-order chi connectivity index (χ1) is 11.7. The predicted octanol–water partition coefficient (Wildman–Crippen LogP) is 2.65. The Morgan fingerprint density at radius 1 is 1.25 bits per heavy atom. The number of nitrogen functional groups attached to an aromatic ring is 1. The molecule has 0 bridgehead atoms. The number of carbonyl (C=O) groups excluding carboxylic acids is 1. The molecule has 7 heteroatoms. The van der Waals surface area contributed by atoms with Crippen molar-refractivity contribution < 1.29 is 14.1 Å². The van der Waals surface area contributed by atoms with E-state index >= 15 is 0 Å². The Morgan fingerprint density at radius 2 is 2.17 bits per heavy atom. The molecule has 3 aromatic rings. The summed E-state index contributed by atoms with van der Waals surface area (Å²) in [5.74, 6) is 0.562. The first kappa shape index (κ1) is 15.5. The number of nitrogens with one attached hydrogen (secondary N) is 1. The summed E-state index contributed by atoms with van der Waals surface area (Å²) in [6.07, 6.45) is 3.53. The van der Waals surface area contributed by atoms with Crippen LogP contribution in [0.5, 0.6) is 5.88 Å². The number of nitrogens with two attached hydrogens (primary N) is 1. The standard InChI is InChI=1S/C17H16N4O3/c18-14-5-1-4-13(9-14)15-10-16(21-24-15)23-17(22)20-8-6-12-3-2-7-19-11-12/h1-5,7,9-11H,6,8,18H2,(H,20,22). The zero-order valence-corrected chi connectivity index (χ0v) is 12.8. The van der Waals surface area contributed by atoms with Crippen molar-refractivity contribution in [3.8, 4) is 17.2 Å². The van der Waals surface area contributed by atoms with Gasteiger partial charge in [-0.05, 0) is 35.3 Å². The number of amides is 1. The van der Waals surface area contributed by atoms with E-state index < -0.39 is 6.09 Å². The smallest absolute Gasteiger partial charge is 0.399 e. The van der Waals surface area contributed by atoms with Crippen LogP contribution in [0.3, 0.4) is 0 Å². The third-order valence-corrected chi connectivity index (χ3v) is 3.26. The Labute approximate surface area is 138 Å². The molecule has 0 aliphatic carbocycles. The molecule has 0 fully saturated rings. The van der Waals surface area contributed by atoms with Crippen LogP contribution < -0.4 is 15.8 Å². The van der Waals surface area contributed by atoms with Crippen LogP contribution in [0.15, 0.2) is 59.4 Å². The van der Waals surface area contributed by atoms with E-state index in [2.05, 4.69) is 15.5 Å². The van der Waals surface area contributed by atoms with Crippen LogP contribution in [0.25, 0.3) is 11.3 Å². The third-order valence-electron chi connectivity index (χ3n) is 3.26. The van der Waals surface area contributed by atoms with Gasteiger partial charge in [-0.3, -0.25) is 4.98 Å². The van der Waals surface area contributed by atoms with Gasteiger partial charge < -0.3 is 20.3 Å². The van der Waals surface area contributed by atoms with Gasteiger partial charge in [0, 0.05) is 30.2 Å². The van der Waals surface area contributed by atoms with E-state index in [-0.39, 0.29) is 5.88 Å². The molecule has 1 amide bonds. The van der Waals surface area contributed by atoms with E-state index in [1.54, 1.807) is 30.6 Å². The molecule has 2 aromatic heterocycles. The molecular formula is C17H16N4O3. The summed E-state index contributed by atoms with van der Waals surface area (Å²) in [5.41, 5.74) is 8.12. The quantitative estimate of drug-likeness (QED) is 0.699. The fourth-order valence-electron chi connectivity index (χ4n) is 2.12. The van der Waals surface area contributed by atoms with Gasteiger partial charge >= 0.3 is 6.09 Å². The fraction of sp³-hybridized carbons (Fsp3) is 0.118. The molecule has 3 rings (SSSR count). The predicted molar refractivity (Wildman–Crippen MR) is 88.3 cm³/mol. The number of rotatable bonds is 5. The van der Waals surface area contributed by atoms with Gasteiger partial charge in [-0.25, -0.2) is 4.79 Å². The zero-order valence-electron chi connectivity index (χ0n) is 12.8. The van der Waals surface area contributed by atoms with Crippen molar-refractivity contribution in [2.75, 3.05) is 12.3 Å². The van der Waals surface area contributed by atoms with Crippen molar-refractivity contribution in [3.05, 3.63) is 60.4 Å². The third kappa shape index (κ3) is 4.10. The highest BCUT2D eigenvalue weighted by Crippen LogP contribution is 2.24. The maximum Gasteiger partial charge on any atom is 0.414 e. The topological polar surface area (TPSA) is 103 Å². The molecular weight excluding hydrogens is 308 g/mol. The first-order valence-corrected chi connectivity index (χ1v) is 7.38. The summed E-state index contributed by atoms with van der Waals surface area (Å²) in [6.45, 7) is 0.435. The molecule has 0 aliphatic heterocycles. The van der Waals surface area contributed by atoms with Gasteiger partial charge in [0.25, 0.3) is 5.88 Å². The van der Waals surface area contributed by atoms with Crippen LogP contribution in [0.2, 0.25) is 0 Å². The monoisotopic (exact) mass is 324 g/mol. The van der Waals surface area contributed by atoms with E-state index in [1.807, 2.05) is 18.2 Å². The molecule has 0 unspecified atom stereocenters. The van der Waals surface area contributed by atoms with Gasteiger partial charge in [-0.2, -0.15) is 0 Å². The number of ether oxygens (including phenoxy) is 1. The number of hydrogen-bond acceptors (Lipinski definition) is 6. The fourth-order valence-corrected chi connectivity index (χ4v) is 2.12. The van der Waals surface area contributed by atoms with E-state index in [1.165, 1.54) is 6.07 Å². The molecule has 0 spiro atoms. The molecule has 0 saturated carbocycles. The number of anilines is 1. The van der Waals surface area contributed by atoms with Crippen molar-refractivity contribution in [2.45, 2.75) is 6.42 Å². The summed E-state index contributed by atoms with van der Waals surface area (Å²) in [7, 11) is 0. The Kier molecular flexibility index (Phi) is 4.71. The van der Waals surface area contributed by atoms with Crippen molar-refractivity contribution in [1.29, 1.82) is 0 Å². The Morgan fingerprint density at radius 3 is 2.96 bits per heavy atom. The second-order valence-electron chi connectivity index (χ2n) is 5.08. The highest BCUT2D eigenvalue weighted by atomic mass is 16.6. The van der Waals surface area contributed by atoms with Crippen molar-refractivity contribution >= 4 is 11.8 Å². The molecule has 1 aromatic carbocycles. The van der Waals surface area contributed by atoms with Gasteiger partial charge in [0.1, 0.15) is 0 Å². The van der Waals surface area contributed by atoms with Crippen molar-refractivity contribution in [3.63, 3.8) is 0 Å². The van der Waals surface area contributed by atoms with Gasteiger partial charge in [0.2, 0.25) is 0 Å². The maximum absolute atomic E-state index is 11.8. The van der Waals surface area contributed by atoms with Crippen LogP contribution in [0.4, 0.5) is 10.5 Å². The number of aromatic nitrogens is 2. The maximum atomic E-state index is 11.8. The first-order valence-electron chi connectivity index (χ1n) is 7.38. The van der Waals surface area contributed by atoms with Gasteiger partial charge in [0.15, 0.2) is 5.76 Å². The normalized spacial score (nSPS) is 10.3. The summed E-state index contributed by atoms with van der Waals surface area (Å²) < 4.78 is 10.2. The van der Waals surface area contributed by atoms with Crippen LogP contribution >= 0.6 is 0 Å². The average molecular weight is 324 g/mol. The molecule has 3 N–H and O–H groups in total. The highest BCUT2D eigenvalue weighted by Gasteiger charge is 2.11. The summed E-state index contributed by atoms with van der Waals surface area (Å²) in [6, 6.07) is 12.5. The molecule has 0 atom stereocenters. The van der Waals surface area contributed by atoms with Gasteiger partial charge in [-0.15, -0.1) is 0 Å². The molecule has 2 heterocycles. The highest BCUT2D eigenvalue weighted by molar-refractivity contribution is 5.70. The molecule has 24 heavy (non-hydrogen) atoms. The number of pyridine rings is 1. The van der Waals surface area contributed by atoms with Crippen LogP contribution in [0.1, 0.15) is 5.56 Å². The minimum atomic E-state index is -0.591. The molecule has 7 nitrogen and oxygen atoms in total. The van der Waals surface area contributed by atoms with Gasteiger partial charge in [0.05, 0.1) is 6.07 Å². The molecule has 0 radical (unpaired) electrons. The second-order valence-corrected chi connectivity index (χ2v) is 5.08. The SMILES string of the molecule is Nc1cccc(-c2cc(OC(=O)NCCc3cccnc3)no2)c1. The Bertz CT molecular complexity index is 817. The minimum Gasteiger partial charge on any atom is -0.399 e. The number of carbonyl (C=O) groups is 1. The van der Waals surface area contributed by atoms with Crippen LogP contribution in [-0.4, -0.2) is 22.8 Å². The largest absolute Gasteiger partial charge is 0.414 e. The second kappa shape index (κ2) is 7.28. The minimum absolute atomic E-state index is 0.0892. The summed E-state index contributed by atoms with van der Waals surface area (Å²) in [4.78, 5) is 15.8. The molecule has 0 aliphatic rings. The number of hydrogen-bond donors (Lipinski definition) is 2. The van der Waals surface area contributed by atoms with E-state index in [0.717, 1.165) is 11.1 Å². The number of nitrogens with zero attached hydrogens (tertiary/aromatic N) is 2. The Hall–Kier alpha value is -3.35. The lowest BCUT2D eigenvalue weighted by atomic mass is 10.1. The average Bonchev–Trinajstić information content (AvgIpc) is 3.04.